The van der Waals surface area contributed by atoms with E-state index in [-0.39, 0.29) is 11.7 Å². The molecular weight excluding hydrogens is 472 g/mol. The highest BCUT2D eigenvalue weighted by atomic mass is 35.5. The van der Waals surface area contributed by atoms with Crippen LogP contribution in [-0.4, -0.2) is 35.2 Å². The minimum atomic E-state index is -0.211. The van der Waals surface area contributed by atoms with Crippen LogP contribution in [0.15, 0.2) is 68.4 Å². The zero-order valence-corrected chi connectivity index (χ0v) is 19.7. The number of methoxy groups -OCH3 is 1. The van der Waals surface area contributed by atoms with Gasteiger partial charge in [-0.1, -0.05) is 76.8 Å². The van der Waals surface area contributed by atoms with Crippen LogP contribution in [0.25, 0.3) is 6.08 Å². The fraction of sp³-hybridized carbons (Fsp3) is 0.143. The fourth-order valence-corrected chi connectivity index (χ4v) is 5.20. The molecule has 0 aliphatic rings. The maximum atomic E-state index is 11.9. The van der Waals surface area contributed by atoms with Crippen LogP contribution in [-0.2, 0) is 10.5 Å². The largest absolute Gasteiger partial charge is 0.496 e. The number of carbonyl (C=O) groups is 1. The molecule has 0 bridgehead atoms. The molecule has 0 fully saturated rings. The van der Waals surface area contributed by atoms with Crippen LogP contribution in [0.3, 0.4) is 0 Å². The lowest BCUT2D eigenvalue weighted by atomic mass is 10.2. The quantitative estimate of drug-likeness (QED) is 0.233. The summed E-state index contributed by atoms with van der Waals surface area (Å²) >= 11 is 10.3. The lowest BCUT2D eigenvalue weighted by molar-refractivity contribution is -0.118. The molecule has 0 radical (unpaired) electrons. The Kier molecular flexibility index (Phi) is 9.41. The molecule has 1 aromatic heterocycles. The number of nitrogens with one attached hydrogen (secondary N) is 1. The van der Waals surface area contributed by atoms with Crippen LogP contribution in [0.2, 0.25) is 5.02 Å². The monoisotopic (exact) mass is 490 g/mol. The van der Waals surface area contributed by atoms with Gasteiger partial charge in [-0.2, -0.15) is 5.10 Å². The van der Waals surface area contributed by atoms with E-state index < -0.39 is 0 Å². The average Bonchev–Trinajstić information content (AvgIpc) is 3.25. The molecule has 160 valence electrons. The maximum Gasteiger partial charge on any atom is 0.250 e. The second kappa shape index (κ2) is 12.5. The number of allylic oxidation sites excluding steroid dienone is 1. The summed E-state index contributed by atoms with van der Waals surface area (Å²) in [5.74, 6) is 1.56. The molecular formula is C21H19ClN4O2S3. The standard InChI is InChI=1S/C21H19ClN4O2S3/c1-28-18-7-3-2-5-16(18)6-4-12-23-24-19(27)14-30-21-26-25-20(31-21)29-13-15-8-10-17(22)11-9-15/h2-12H,13-14H2,1H3,(H,24,27). The molecule has 31 heavy (non-hydrogen) atoms. The Morgan fingerprint density at radius 2 is 1.90 bits per heavy atom. The molecule has 1 N–H and O–H groups in total. The van der Waals surface area contributed by atoms with Crippen molar-refractivity contribution in [2.24, 2.45) is 5.10 Å². The van der Waals surface area contributed by atoms with Crippen molar-refractivity contribution in [3.05, 3.63) is 70.8 Å². The highest BCUT2D eigenvalue weighted by Gasteiger charge is 2.08. The molecule has 0 atom stereocenters. The van der Waals surface area contributed by atoms with E-state index >= 15 is 0 Å². The molecule has 2 aromatic carbocycles. The van der Waals surface area contributed by atoms with Crippen LogP contribution in [0.1, 0.15) is 11.1 Å². The van der Waals surface area contributed by atoms with Gasteiger partial charge in [0.2, 0.25) is 0 Å². The van der Waals surface area contributed by atoms with E-state index in [4.69, 9.17) is 16.3 Å². The second-order valence-electron chi connectivity index (χ2n) is 5.95. The van der Waals surface area contributed by atoms with E-state index in [2.05, 4.69) is 20.7 Å². The number of hydrogen-bond donors (Lipinski definition) is 1. The van der Waals surface area contributed by atoms with E-state index in [0.717, 1.165) is 36.3 Å². The number of amides is 1. The van der Waals surface area contributed by atoms with Gasteiger partial charge in [0.05, 0.1) is 12.9 Å². The summed E-state index contributed by atoms with van der Waals surface area (Å²) in [5.41, 5.74) is 4.59. The highest BCUT2D eigenvalue weighted by molar-refractivity contribution is 8.03. The fourth-order valence-electron chi connectivity index (χ4n) is 2.30. The molecule has 0 spiro atoms. The molecule has 10 heteroatoms. The van der Waals surface area contributed by atoms with Gasteiger partial charge < -0.3 is 4.74 Å². The molecule has 0 saturated heterocycles. The summed E-state index contributed by atoms with van der Waals surface area (Å²) < 4.78 is 6.88. The Labute approximate surface area is 198 Å². The molecule has 3 aromatic rings. The number of halogens is 1. The lowest BCUT2D eigenvalue weighted by Gasteiger charge is -2.02. The van der Waals surface area contributed by atoms with Gasteiger partial charge in [0.25, 0.3) is 5.91 Å². The lowest BCUT2D eigenvalue weighted by Crippen LogP contribution is -2.19. The van der Waals surface area contributed by atoms with Crippen LogP contribution >= 0.6 is 46.5 Å². The van der Waals surface area contributed by atoms with Crippen molar-refractivity contribution in [1.82, 2.24) is 15.6 Å². The summed E-state index contributed by atoms with van der Waals surface area (Å²) in [6, 6.07) is 15.4. The van der Waals surface area contributed by atoms with Gasteiger partial charge in [-0.05, 0) is 35.9 Å². The summed E-state index contributed by atoms with van der Waals surface area (Å²) in [7, 11) is 1.62. The molecule has 0 saturated carbocycles. The molecule has 1 amide bonds. The topological polar surface area (TPSA) is 76.5 Å². The Balaban J connectivity index is 1.38. The first-order valence-corrected chi connectivity index (χ1v) is 12.3. The van der Waals surface area contributed by atoms with Crippen molar-refractivity contribution in [3.63, 3.8) is 0 Å². The van der Waals surface area contributed by atoms with Gasteiger partial charge >= 0.3 is 0 Å². The number of aromatic nitrogens is 2. The molecule has 0 aliphatic carbocycles. The number of carbonyl (C=O) groups excluding carboxylic acids is 1. The molecule has 0 unspecified atom stereocenters. The Morgan fingerprint density at radius 3 is 2.68 bits per heavy atom. The predicted molar refractivity (Wildman–Crippen MR) is 130 cm³/mol. The Morgan fingerprint density at radius 1 is 1.16 bits per heavy atom. The maximum absolute atomic E-state index is 11.9. The van der Waals surface area contributed by atoms with Gasteiger partial charge in [-0.15, -0.1) is 10.2 Å². The van der Waals surface area contributed by atoms with Crippen LogP contribution in [0, 0.1) is 0 Å². The number of thioether (sulfide) groups is 2. The SMILES string of the molecule is COc1ccccc1C=CC=NNC(=O)CSc1nnc(SCc2ccc(Cl)cc2)s1. The summed E-state index contributed by atoms with van der Waals surface area (Å²) in [6.45, 7) is 0. The van der Waals surface area contributed by atoms with E-state index in [9.17, 15) is 4.79 Å². The second-order valence-corrected chi connectivity index (χ2v) is 9.81. The van der Waals surface area contributed by atoms with E-state index in [1.807, 2.05) is 54.6 Å². The third-order valence-corrected chi connectivity index (χ3v) is 7.27. The Hall–Kier alpha value is -2.33. The first-order valence-electron chi connectivity index (χ1n) is 9.09. The third kappa shape index (κ3) is 8.02. The van der Waals surface area contributed by atoms with Gasteiger partial charge in [0.15, 0.2) is 8.68 Å². The van der Waals surface area contributed by atoms with Gasteiger partial charge in [0.1, 0.15) is 5.75 Å². The number of rotatable bonds is 10. The molecule has 6 nitrogen and oxygen atoms in total. The van der Waals surface area contributed by atoms with Gasteiger partial charge in [0, 0.05) is 22.6 Å². The van der Waals surface area contributed by atoms with Crippen molar-refractivity contribution < 1.29 is 9.53 Å². The first kappa shape index (κ1) is 23.3. The van der Waals surface area contributed by atoms with E-state index in [0.29, 0.717) is 0 Å². The average molecular weight is 491 g/mol. The van der Waals surface area contributed by atoms with Crippen LogP contribution in [0.4, 0.5) is 0 Å². The van der Waals surface area contributed by atoms with Crippen molar-refractivity contribution in [3.8, 4) is 5.75 Å². The third-order valence-electron chi connectivity index (χ3n) is 3.75. The van der Waals surface area contributed by atoms with Gasteiger partial charge in [-0.25, -0.2) is 5.43 Å². The molecule has 3 rings (SSSR count). The first-order chi connectivity index (χ1) is 15.1. The van der Waals surface area contributed by atoms with Crippen molar-refractivity contribution in [2.75, 3.05) is 12.9 Å². The van der Waals surface area contributed by atoms with Crippen molar-refractivity contribution >= 4 is 64.7 Å². The van der Waals surface area contributed by atoms with Crippen molar-refractivity contribution in [1.29, 1.82) is 0 Å². The molecule has 0 aliphatic heterocycles. The van der Waals surface area contributed by atoms with Crippen LogP contribution < -0.4 is 10.2 Å². The minimum absolute atomic E-state index is 0.211. The zero-order valence-electron chi connectivity index (χ0n) is 16.5. The number of hydrazone groups is 1. The number of nitrogens with zero attached hydrogens (tertiary/aromatic N) is 3. The van der Waals surface area contributed by atoms with Crippen molar-refractivity contribution in [2.45, 2.75) is 14.4 Å². The summed E-state index contributed by atoms with van der Waals surface area (Å²) in [5, 5.41) is 12.9. The summed E-state index contributed by atoms with van der Waals surface area (Å²) in [6.07, 6.45) is 5.11. The minimum Gasteiger partial charge on any atom is -0.496 e. The highest BCUT2D eigenvalue weighted by Crippen LogP contribution is 2.30. The normalized spacial score (nSPS) is 11.3. The Bertz CT molecular complexity index is 1050. The summed E-state index contributed by atoms with van der Waals surface area (Å²) in [4.78, 5) is 11.9. The molecule has 1 heterocycles. The number of benzene rings is 2. The number of para-hydroxylation sites is 1. The van der Waals surface area contributed by atoms with Gasteiger partial charge in [-0.3, -0.25) is 4.79 Å². The van der Waals surface area contributed by atoms with E-state index in [1.165, 1.54) is 29.3 Å². The zero-order chi connectivity index (χ0) is 21.9. The smallest absolute Gasteiger partial charge is 0.250 e. The van der Waals surface area contributed by atoms with Crippen LogP contribution in [0.5, 0.6) is 5.75 Å². The number of hydrogen-bond acceptors (Lipinski definition) is 8. The predicted octanol–water partition coefficient (Wildman–Crippen LogP) is 5.40. The number of ether oxygens (including phenoxy) is 1. The van der Waals surface area contributed by atoms with E-state index in [1.54, 1.807) is 24.9 Å².